The summed E-state index contributed by atoms with van der Waals surface area (Å²) in [6.07, 6.45) is 0. The zero-order valence-corrected chi connectivity index (χ0v) is 14.6. The van der Waals surface area contributed by atoms with Crippen LogP contribution in [0.2, 0.25) is 5.02 Å². The lowest BCUT2D eigenvalue weighted by Gasteiger charge is -2.08. The molecule has 2 N–H and O–H groups in total. The van der Waals surface area contributed by atoms with Crippen molar-refractivity contribution in [2.75, 3.05) is 6.61 Å². The van der Waals surface area contributed by atoms with Crippen molar-refractivity contribution in [2.45, 2.75) is 0 Å². The van der Waals surface area contributed by atoms with Crippen molar-refractivity contribution >= 4 is 45.3 Å². The normalized spacial score (nSPS) is 9.92. The summed E-state index contributed by atoms with van der Waals surface area (Å²) in [5.74, 6) is -1.82. The zero-order valence-electron chi connectivity index (χ0n) is 12.2. The Morgan fingerprint density at radius 2 is 1.50 bits per heavy atom. The maximum absolute atomic E-state index is 11.8. The number of ether oxygens (including phenoxy) is 1. The lowest BCUT2D eigenvalue weighted by atomic mass is 10.2. The average Bonchev–Trinajstić information content (AvgIpc) is 2.58. The number of carbonyl (C=O) groups is 3. The van der Waals surface area contributed by atoms with Gasteiger partial charge < -0.3 is 4.74 Å². The molecule has 0 bridgehead atoms. The van der Waals surface area contributed by atoms with E-state index in [0.717, 1.165) is 4.47 Å². The Hall–Kier alpha value is -2.38. The van der Waals surface area contributed by atoms with Crippen LogP contribution in [0.15, 0.2) is 53.0 Å². The average molecular weight is 412 g/mol. The van der Waals surface area contributed by atoms with E-state index in [1.54, 1.807) is 24.3 Å². The second-order valence-corrected chi connectivity index (χ2v) is 5.94. The second kappa shape index (κ2) is 8.47. The molecule has 0 aliphatic carbocycles. The molecule has 2 amide bonds. The number of amides is 2. The maximum atomic E-state index is 11.8. The first kappa shape index (κ1) is 18.0. The standard InChI is InChI=1S/C16H12BrClN2O4/c17-12-5-1-10(2-6-12)15(22)20-19-14(21)9-24-16(23)11-3-7-13(18)8-4-11/h1-8H,9H2,(H,19,21)(H,20,22). The molecule has 6 nitrogen and oxygen atoms in total. The highest BCUT2D eigenvalue weighted by Gasteiger charge is 2.11. The van der Waals surface area contributed by atoms with Crippen LogP contribution in [0.4, 0.5) is 0 Å². The van der Waals surface area contributed by atoms with Crippen LogP contribution >= 0.6 is 27.5 Å². The van der Waals surface area contributed by atoms with Gasteiger partial charge in [0.15, 0.2) is 6.61 Å². The molecule has 0 fully saturated rings. The van der Waals surface area contributed by atoms with Crippen LogP contribution in [0.1, 0.15) is 20.7 Å². The van der Waals surface area contributed by atoms with Gasteiger partial charge in [0.25, 0.3) is 11.8 Å². The van der Waals surface area contributed by atoms with Gasteiger partial charge in [-0.25, -0.2) is 4.79 Å². The van der Waals surface area contributed by atoms with Crippen LogP contribution in [-0.2, 0) is 9.53 Å². The van der Waals surface area contributed by atoms with Crippen molar-refractivity contribution in [2.24, 2.45) is 0 Å². The van der Waals surface area contributed by atoms with Crippen molar-refractivity contribution in [3.05, 3.63) is 69.2 Å². The van der Waals surface area contributed by atoms with Crippen LogP contribution in [0, 0.1) is 0 Å². The maximum Gasteiger partial charge on any atom is 0.338 e. The van der Waals surface area contributed by atoms with E-state index >= 15 is 0 Å². The van der Waals surface area contributed by atoms with Gasteiger partial charge in [-0.3, -0.25) is 20.4 Å². The second-order valence-electron chi connectivity index (χ2n) is 4.59. The summed E-state index contributed by atoms with van der Waals surface area (Å²) in [5.41, 5.74) is 5.03. The number of carbonyl (C=O) groups excluding carboxylic acids is 3. The third-order valence-electron chi connectivity index (χ3n) is 2.84. The lowest BCUT2D eigenvalue weighted by molar-refractivity contribution is -0.125. The molecule has 24 heavy (non-hydrogen) atoms. The number of benzene rings is 2. The topological polar surface area (TPSA) is 84.5 Å². The van der Waals surface area contributed by atoms with Crippen molar-refractivity contribution in [3.63, 3.8) is 0 Å². The van der Waals surface area contributed by atoms with Gasteiger partial charge in [0.05, 0.1) is 5.56 Å². The molecular weight excluding hydrogens is 400 g/mol. The van der Waals surface area contributed by atoms with Crippen molar-refractivity contribution in [1.82, 2.24) is 10.9 Å². The fraction of sp³-hybridized carbons (Fsp3) is 0.0625. The van der Waals surface area contributed by atoms with Crippen LogP contribution in [0.25, 0.3) is 0 Å². The van der Waals surface area contributed by atoms with Crippen molar-refractivity contribution < 1.29 is 19.1 Å². The molecule has 0 aliphatic rings. The predicted molar refractivity (Wildman–Crippen MR) is 91.5 cm³/mol. The monoisotopic (exact) mass is 410 g/mol. The highest BCUT2D eigenvalue weighted by molar-refractivity contribution is 9.10. The summed E-state index contributed by atoms with van der Waals surface area (Å²) in [6.45, 7) is -0.526. The van der Waals surface area contributed by atoms with Crippen LogP contribution in [0.5, 0.6) is 0 Å². The first-order chi connectivity index (χ1) is 11.5. The molecular formula is C16H12BrClN2O4. The molecule has 0 spiro atoms. The summed E-state index contributed by atoms with van der Waals surface area (Å²) in [7, 11) is 0. The minimum Gasteiger partial charge on any atom is -0.452 e. The highest BCUT2D eigenvalue weighted by Crippen LogP contribution is 2.11. The molecule has 0 saturated heterocycles. The van der Waals surface area contributed by atoms with Gasteiger partial charge in [-0.1, -0.05) is 27.5 Å². The van der Waals surface area contributed by atoms with E-state index < -0.39 is 24.4 Å². The van der Waals surface area contributed by atoms with E-state index in [2.05, 4.69) is 26.8 Å². The molecule has 0 radical (unpaired) electrons. The fourth-order valence-corrected chi connectivity index (χ4v) is 2.03. The number of nitrogens with one attached hydrogen (secondary N) is 2. The van der Waals surface area contributed by atoms with E-state index in [-0.39, 0.29) is 5.56 Å². The molecule has 0 aliphatic heterocycles. The molecule has 0 unspecified atom stereocenters. The Kier molecular flexibility index (Phi) is 6.34. The van der Waals surface area contributed by atoms with Gasteiger partial charge >= 0.3 is 5.97 Å². The summed E-state index contributed by atoms with van der Waals surface area (Å²) in [5, 5.41) is 0.486. The summed E-state index contributed by atoms with van der Waals surface area (Å²) in [4.78, 5) is 35.1. The van der Waals surface area contributed by atoms with E-state index in [1.165, 1.54) is 24.3 Å². The smallest absolute Gasteiger partial charge is 0.338 e. The quantitative estimate of drug-likeness (QED) is 0.598. The number of rotatable bonds is 4. The molecule has 2 aromatic rings. The van der Waals surface area contributed by atoms with Crippen LogP contribution in [0.3, 0.4) is 0 Å². The molecule has 0 atom stereocenters. The first-order valence-corrected chi connectivity index (χ1v) is 7.90. The summed E-state index contributed by atoms with van der Waals surface area (Å²) < 4.78 is 5.66. The van der Waals surface area contributed by atoms with Gasteiger partial charge in [-0.2, -0.15) is 0 Å². The van der Waals surface area contributed by atoms with Gasteiger partial charge in [-0.05, 0) is 48.5 Å². The molecule has 0 saturated carbocycles. The first-order valence-electron chi connectivity index (χ1n) is 6.73. The third kappa shape index (κ3) is 5.36. The lowest BCUT2D eigenvalue weighted by Crippen LogP contribution is -2.43. The van der Waals surface area contributed by atoms with E-state index in [9.17, 15) is 14.4 Å². The molecule has 0 aromatic heterocycles. The van der Waals surface area contributed by atoms with Gasteiger partial charge in [-0.15, -0.1) is 0 Å². The molecule has 2 aromatic carbocycles. The molecule has 8 heteroatoms. The van der Waals surface area contributed by atoms with Gasteiger partial charge in [0, 0.05) is 15.1 Å². The molecule has 0 heterocycles. The van der Waals surface area contributed by atoms with Crippen molar-refractivity contribution in [1.29, 1.82) is 0 Å². The van der Waals surface area contributed by atoms with Gasteiger partial charge in [0.1, 0.15) is 0 Å². The Morgan fingerprint density at radius 3 is 2.12 bits per heavy atom. The number of hydrogen-bond acceptors (Lipinski definition) is 4. The van der Waals surface area contributed by atoms with E-state index in [4.69, 9.17) is 16.3 Å². The Balaban J connectivity index is 1.77. The number of hydrazine groups is 1. The summed E-state index contributed by atoms with van der Waals surface area (Å²) in [6, 6.07) is 12.6. The Bertz CT molecular complexity index is 684. The van der Waals surface area contributed by atoms with Gasteiger partial charge in [0.2, 0.25) is 0 Å². The van der Waals surface area contributed by atoms with E-state index in [1.807, 2.05) is 0 Å². The highest BCUT2D eigenvalue weighted by atomic mass is 79.9. The Morgan fingerprint density at radius 1 is 0.917 bits per heavy atom. The van der Waals surface area contributed by atoms with Crippen LogP contribution in [-0.4, -0.2) is 24.4 Å². The van der Waals surface area contributed by atoms with Crippen LogP contribution < -0.4 is 10.9 Å². The summed E-state index contributed by atoms with van der Waals surface area (Å²) >= 11 is 8.97. The zero-order chi connectivity index (χ0) is 17.5. The SMILES string of the molecule is O=C(COC(=O)c1ccc(Cl)cc1)NNC(=O)c1ccc(Br)cc1. The minimum absolute atomic E-state index is 0.270. The number of hydrogen-bond donors (Lipinski definition) is 2. The van der Waals surface area contributed by atoms with E-state index in [0.29, 0.717) is 10.6 Å². The Labute approximate surface area is 151 Å². The number of esters is 1. The largest absolute Gasteiger partial charge is 0.452 e. The fourth-order valence-electron chi connectivity index (χ4n) is 1.64. The predicted octanol–water partition coefficient (Wildman–Crippen LogP) is 2.72. The number of halogens is 2. The third-order valence-corrected chi connectivity index (χ3v) is 3.62. The van der Waals surface area contributed by atoms with Crippen molar-refractivity contribution in [3.8, 4) is 0 Å². The minimum atomic E-state index is -0.666. The molecule has 124 valence electrons. The molecule has 2 rings (SSSR count).